The molecular weight excluding hydrogens is 354 g/mol. The Kier molecular flexibility index (Phi) is 5.96. The molecule has 114 valence electrons. The summed E-state index contributed by atoms with van der Waals surface area (Å²) in [7, 11) is 0. The number of nitrogens with one attached hydrogen (secondary N) is 1. The molecule has 0 amide bonds. The second-order valence-electron chi connectivity index (χ2n) is 4.63. The van der Waals surface area contributed by atoms with Crippen molar-refractivity contribution >= 4 is 33.0 Å². The number of anilines is 1. The van der Waals surface area contributed by atoms with Gasteiger partial charge in [-0.2, -0.15) is 5.10 Å². The maximum absolute atomic E-state index is 12.1. The summed E-state index contributed by atoms with van der Waals surface area (Å²) in [5, 5.41) is 18.4. The van der Waals surface area contributed by atoms with Gasteiger partial charge in [-0.15, -0.1) is 11.3 Å². The van der Waals surface area contributed by atoms with Crippen LogP contribution in [0.3, 0.4) is 0 Å². The van der Waals surface area contributed by atoms with E-state index in [0.717, 1.165) is 12.8 Å². The third-order valence-electron chi connectivity index (χ3n) is 3.09. The van der Waals surface area contributed by atoms with Crippen molar-refractivity contribution in [1.29, 1.82) is 0 Å². The quantitative estimate of drug-likeness (QED) is 0.784. The second-order valence-corrected chi connectivity index (χ2v) is 6.40. The Hall–Kier alpha value is -1.18. The lowest BCUT2D eigenvalue weighted by atomic mass is 10.1. The largest absolute Gasteiger partial charge is 0.394 e. The van der Waals surface area contributed by atoms with Gasteiger partial charge in [0.15, 0.2) is 0 Å². The van der Waals surface area contributed by atoms with E-state index in [0.29, 0.717) is 10.2 Å². The standard InChI is InChI=1S/C14H18BrN3O2S/c1-2-4-10(12-5-3-8-21-12)17-11-9-16-18(6-7-19)14(20)13(11)15/h3,5,8-10,17,19H,2,4,6-7H2,1H3. The van der Waals surface area contributed by atoms with Crippen molar-refractivity contribution in [3.8, 4) is 0 Å². The molecule has 0 aliphatic carbocycles. The molecule has 2 N–H and O–H groups in total. The predicted octanol–water partition coefficient (Wildman–Crippen LogP) is 3.01. The molecule has 2 rings (SSSR count). The lowest BCUT2D eigenvalue weighted by Crippen LogP contribution is -2.26. The topological polar surface area (TPSA) is 67.2 Å². The summed E-state index contributed by atoms with van der Waals surface area (Å²) in [6.45, 7) is 2.22. The van der Waals surface area contributed by atoms with Gasteiger partial charge < -0.3 is 10.4 Å². The van der Waals surface area contributed by atoms with E-state index in [1.165, 1.54) is 9.56 Å². The molecule has 0 radical (unpaired) electrons. The molecule has 7 heteroatoms. The zero-order chi connectivity index (χ0) is 15.2. The Morgan fingerprint density at radius 3 is 3.00 bits per heavy atom. The molecule has 2 heterocycles. The summed E-state index contributed by atoms with van der Waals surface area (Å²) in [4.78, 5) is 13.3. The smallest absolute Gasteiger partial charge is 0.283 e. The summed E-state index contributed by atoms with van der Waals surface area (Å²) in [5.41, 5.74) is 0.441. The summed E-state index contributed by atoms with van der Waals surface area (Å²) >= 11 is 5.03. The first-order valence-electron chi connectivity index (χ1n) is 6.83. The van der Waals surface area contributed by atoms with Gasteiger partial charge in [0.1, 0.15) is 4.47 Å². The molecule has 0 spiro atoms. The minimum Gasteiger partial charge on any atom is -0.394 e. The highest BCUT2D eigenvalue weighted by atomic mass is 79.9. The molecule has 0 fully saturated rings. The number of aromatic nitrogens is 2. The summed E-state index contributed by atoms with van der Waals surface area (Å²) in [6.07, 6.45) is 3.65. The minimum atomic E-state index is -0.240. The van der Waals surface area contributed by atoms with Crippen molar-refractivity contribution < 1.29 is 5.11 Å². The fourth-order valence-electron chi connectivity index (χ4n) is 2.07. The Labute approximate surface area is 135 Å². The average Bonchev–Trinajstić information content (AvgIpc) is 3.00. The van der Waals surface area contributed by atoms with Crippen molar-refractivity contribution in [3.63, 3.8) is 0 Å². The Morgan fingerprint density at radius 1 is 1.57 bits per heavy atom. The van der Waals surface area contributed by atoms with Crippen LogP contribution in [0.2, 0.25) is 0 Å². The minimum absolute atomic E-state index is 0.111. The normalized spacial score (nSPS) is 12.3. The molecule has 1 unspecified atom stereocenters. The highest BCUT2D eigenvalue weighted by Gasteiger charge is 2.15. The van der Waals surface area contributed by atoms with Crippen LogP contribution in [0.4, 0.5) is 5.69 Å². The maximum Gasteiger partial charge on any atom is 0.283 e. The molecule has 0 aliphatic heterocycles. The molecule has 0 bridgehead atoms. The van der Waals surface area contributed by atoms with E-state index < -0.39 is 0 Å². The first kappa shape index (κ1) is 16.2. The zero-order valence-electron chi connectivity index (χ0n) is 11.8. The van der Waals surface area contributed by atoms with Crippen molar-refractivity contribution in [2.75, 3.05) is 11.9 Å². The van der Waals surface area contributed by atoms with Crippen molar-refractivity contribution in [3.05, 3.63) is 43.4 Å². The van der Waals surface area contributed by atoms with Crippen molar-refractivity contribution in [2.24, 2.45) is 0 Å². The highest BCUT2D eigenvalue weighted by Crippen LogP contribution is 2.29. The molecule has 0 saturated carbocycles. The van der Waals surface area contributed by atoms with E-state index in [9.17, 15) is 4.79 Å². The van der Waals surface area contributed by atoms with E-state index in [4.69, 9.17) is 5.11 Å². The number of nitrogens with zero attached hydrogens (tertiary/aromatic N) is 2. The zero-order valence-corrected chi connectivity index (χ0v) is 14.2. The summed E-state index contributed by atoms with van der Waals surface area (Å²) in [5.74, 6) is 0. The van der Waals surface area contributed by atoms with Crippen LogP contribution >= 0.6 is 27.3 Å². The van der Waals surface area contributed by atoms with Crippen LogP contribution in [0.25, 0.3) is 0 Å². The van der Waals surface area contributed by atoms with Crippen molar-refractivity contribution in [2.45, 2.75) is 32.4 Å². The lowest BCUT2D eigenvalue weighted by molar-refractivity contribution is 0.266. The molecule has 1 atom stereocenters. The fraction of sp³-hybridized carbons (Fsp3) is 0.429. The van der Waals surface area contributed by atoms with E-state index in [2.05, 4.69) is 39.3 Å². The number of hydrogen-bond acceptors (Lipinski definition) is 5. The first-order valence-corrected chi connectivity index (χ1v) is 8.51. The van der Waals surface area contributed by atoms with Gasteiger partial charge >= 0.3 is 0 Å². The van der Waals surface area contributed by atoms with Gasteiger partial charge in [-0.3, -0.25) is 4.79 Å². The van der Waals surface area contributed by atoms with Gasteiger partial charge in [0.2, 0.25) is 0 Å². The van der Waals surface area contributed by atoms with Crippen LogP contribution < -0.4 is 10.9 Å². The molecular formula is C14H18BrN3O2S. The number of halogens is 1. The second kappa shape index (κ2) is 7.72. The maximum atomic E-state index is 12.1. The van der Waals surface area contributed by atoms with Gasteiger partial charge in [0, 0.05) is 4.88 Å². The number of rotatable bonds is 7. The van der Waals surface area contributed by atoms with Gasteiger partial charge in [-0.1, -0.05) is 19.4 Å². The number of hydrogen-bond donors (Lipinski definition) is 2. The van der Waals surface area contributed by atoms with Crippen LogP contribution in [0.5, 0.6) is 0 Å². The van der Waals surface area contributed by atoms with Gasteiger partial charge in [0.25, 0.3) is 5.56 Å². The number of aliphatic hydroxyl groups excluding tert-OH is 1. The van der Waals surface area contributed by atoms with Crippen LogP contribution in [-0.4, -0.2) is 21.5 Å². The Bertz CT molecular complexity index is 628. The molecule has 0 saturated heterocycles. The monoisotopic (exact) mass is 371 g/mol. The summed E-state index contributed by atoms with van der Waals surface area (Å²) < 4.78 is 1.69. The van der Waals surface area contributed by atoms with Crippen LogP contribution in [0, 0.1) is 0 Å². The molecule has 5 nitrogen and oxygen atoms in total. The lowest BCUT2D eigenvalue weighted by Gasteiger charge is -2.19. The highest BCUT2D eigenvalue weighted by molar-refractivity contribution is 9.10. The number of thiophene rings is 1. The third kappa shape index (κ3) is 3.93. The average molecular weight is 372 g/mol. The third-order valence-corrected chi connectivity index (χ3v) is 4.84. The van der Waals surface area contributed by atoms with E-state index in [1.807, 2.05) is 11.4 Å². The molecule has 0 aromatic carbocycles. The number of aliphatic hydroxyl groups is 1. The van der Waals surface area contributed by atoms with Gasteiger partial charge in [-0.25, -0.2) is 4.68 Å². The van der Waals surface area contributed by atoms with E-state index in [1.54, 1.807) is 17.5 Å². The van der Waals surface area contributed by atoms with E-state index >= 15 is 0 Å². The molecule has 21 heavy (non-hydrogen) atoms. The van der Waals surface area contributed by atoms with Crippen LogP contribution in [0.15, 0.2) is 33.0 Å². The molecule has 0 aliphatic rings. The first-order chi connectivity index (χ1) is 10.2. The van der Waals surface area contributed by atoms with Gasteiger partial charge in [-0.05, 0) is 33.8 Å². The SMILES string of the molecule is CCCC(Nc1cnn(CCO)c(=O)c1Br)c1cccs1. The Balaban J connectivity index is 2.25. The fourth-order valence-corrected chi connectivity index (χ4v) is 3.31. The molecule has 2 aromatic heterocycles. The van der Waals surface area contributed by atoms with Gasteiger partial charge in [0.05, 0.1) is 31.1 Å². The Morgan fingerprint density at radius 2 is 2.38 bits per heavy atom. The predicted molar refractivity (Wildman–Crippen MR) is 88.9 cm³/mol. The summed E-state index contributed by atoms with van der Waals surface area (Å²) in [6, 6.07) is 4.28. The van der Waals surface area contributed by atoms with E-state index in [-0.39, 0.29) is 24.8 Å². The van der Waals surface area contributed by atoms with Crippen LogP contribution in [0.1, 0.15) is 30.7 Å². The molecule has 2 aromatic rings. The van der Waals surface area contributed by atoms with Crippen LogP contribution in [-0.2, 0) is 6.54 Å². The van der Waals surface area contributed by atoms with Crippen molar-refractivity contribution in [1.82, 2.24) is 9.78 Å².